The van der Waals surface area contributed by atoms with Crippen LogP contribution >= 0.6 is 22.9 Å². The van der Waals surface area contributed by atoms with Gasteiger partial charge in [-0.3, -0.25) is 5.41 Å². The molecule has 0 spiro atoms. The van der Waals surface area contributed by atoms with Crippen LogP contribution in [0.4, 0.5) is 5.82 Å². The van der Waals surface area contributed by atoms with Gasteiger partial charge in [-0.25, -0.2) is 4.98 Å². The Bertz CT molecular complexity index is 567. The minimum absolute atomic E-state index is 0.0474. The van der Waals surface area contributed by atoms with Crippen LogP contribution < -0.4 is 10.6 Å². The number of thiophene rings is 1. The van der Waals surface area contributed by atoms with Crippen molar-refractivity contribution < 1.29 is 0 Å². The van der Waals surface area contributed by atoms with E-state index in [1.807, 2.05) is 24.1 Å². The minimum atomic E-state index is 0.0474. The number of nitrogen functional groups attached to an aromatic ring is 1. The van der Waals surface area contributed by atoms with Crippen LogP contribution in [-0.2, 0) is 6.54 Å². The van der Waals surface area contributed by atoms with Crippen LogP contribution in [0.15, 0.2) is 30.5 Å². The number of anilines is 1. The Morgan fingerprint density at radius 1 is 1.50 bits per heavy atom. The smallest absolute Gasteiger partial charge is 0.129 e. The van der Waals surface area contributed by atoms with Crippen LogP contribution in [0.25, 0.3) is 0 Å². The Hall–Kier alpha value is -1.59. The summed E-state index contributed by atoms with van der Waals surface area (Å²) >= 11 is 7.45. The SMILES string of the molecule is CN(Cc1ccc(Cl)s1)c1cc(C(=N)N)ccn1. The van der Waals surface area contributed by atoms with Crippen LogP contribution in [0, 0.1) is 5.41 Å². The van der Waals surface area contributed by atoms with Crippen molar-refractivity contribution in [2.24, 2.45) is 5.73 Å². The first-order chi connectivity index (χ1) is 8.56. The number of nitrogens with zero attached hydrogens (tertiary/aromatic N) is 2. The van der Waals surface area contributed by atoms with Crippen LogP contribution in [0.5, 0.6) is 0 Å². The van der Waals surface area contributed by atoms with E-state index in [0.29, 0.717) is 5.56 Å². The standard InChI is InChI=1S/C12H13ClN4S/c1-17(7-9-2-3-10(13)18-9)11-6-8(12(14)15)4-5-16-11/h2-6H,7H2,1H3,(H3,14,15). The van der Waals surface area contributed by atoms with Crippen molar-refractivity contribution in [2.45, 2.75) is 6.54 Å². The summed E-state index contributed by atoms with van der Waals surface area (Å²) in [7, 11) is 1.94. The molecule has 4 nitrogen and oxygen atoms in total. The van der Waals surface area contributed by atoms with Gasteiger partial charge in [0.1, 0.15) is 11.7 Å². The molecule has 3 N–H and O–H groups in total. The number of amidine groups is 1. The molecule has 0 bridgehead atoms. The fraction of sp³-hybridized carbons (Fsp3) is 0.167. The molecule has 6 heteroatoms. The first-order valence-electron chi connectivity index (χ1n) is 5.32. The van der Waals surface area contributed by atoms with E-state index in [2.05, 4.69) is 4.98 Å². The molecule has 94 valence electrons. The fourth-order valence-electron chi connectivity index (χ4n) is 1.55. The fourth-order valence-corrected chi connectivity index (χ4v) is 2.69. The Kier molecular flexibility index (Phi) is 3.84. The Labute approximate surface area is 115 Å². The van der Waals surface area contributed by atoms with Gasteiger partial charge in [-0.15, -0.1) is 11.3 Å². The summed E-state index contributed by atoms with van der Waals surface area (Å²) in [5, 5.41) is 7.41. The van der Waals surface area contributed by atoms with E-state index in [9.17, 15) is 0 Å². The van der Waals surface area contributed by atoms with E-state index in [1.54, 1.807) is 29.7 Å². The lowest BCUT2D eigenvalue weighted by Crippen LogP contribution is -2.18. The number of hydrogen-bond acceptors (Lipinski definition) is 4. The molecule has 2 rings (SSSR count). The molecule has 0 aromatic carbocycles. The van der Waals surface area contributed by atoms with E-state index in [4.69, 9.17) is 22.7 Å². The predicted molar refractivity (Wildman–Crippen MR) is 76.7 cm³/mol. The monoisotopic (exact) mass is 280 g/mol. The van der Waals surface area contributed by atoms with Gasteiger partial charge >= 0.3 is 0 Å². The highest BCUT2D eigenvalue weighted by Gasteiger charge is 2.07. The predicted octanol–water partition coefficient (Wildman–Crippen LogP) is 2.72. The lowest BCUT2D eigenvalue weighted by Gasteiger charge is -2.17. The molecule has 0 unspecified atom stereocenters. The van der Waals surface area contributed by atoms with Crippen LogP contribution in [0.3, 0.4) is 0 Å². The Balaban J connectivity index is 2.15. The molecule has 0 amide bonds. The molecule has 0 aliphatic heterocycles. The largest absolute Gasteiger partial charge is 0.384 e. The number of pyridine rings is 1. The van der Waals surface area contributed by atoms with Crippen molar-refractivity contribution >= 4 is 34.6 Å². The molecule has 0 radical (unpaired) electrons. The molecule has 0 saturated carbocycles. The number of nitrogens with one attached hydrogen (secondary N) is 1. The lowest BCUT2D eigenvalue weighted by molar-refractivity contribution is 0.912. The molecule has 0 fully saturated rings. The van der Waals surface area contributed by atoms with Gasteiger partial charge in [-0.2, -0.15) is 0 Å². The third-order valence-electron chi connectivity index (χ3n) is 2.47. The third kappa shape index (κ3) is 3.00. The molecule has 0 saturated heterocycles. The number of aromatic nitrogens is 1. The summed E-state index contributed by atoms with van der Waals surface area (Å²) in [6.07, 6.45) is 1.66. The van der Waals surface area contributed by atoms with Crippen LogP contribution in [-0.4, -0.2) is 17.9 Å². The van der Waals surface area contributed by atoms with Gasteiger partial charge < -0.3 is 10.6 Å². The summed E-state index contributed by atoms with van der Waals surface area (Å²) in [5.74, 6) is 0.832. The molecule has 2 heterocycles. The second kappa shape index (κ2) is 5.37. The maximum atomic E-state index is 7.41. The van der Waals surface area contributed by atoms with E-state index in [1.165, 1.54) is 0 Å². The average Bonchev–Trinajstić information content (AvgIpc) is 2.75. The van der Waals surface area contributed by atoms with Gasteiger partial charge in [-0.1, -0.05) is 11.6 Å². The van der Waals surface area contributed by atoms with Crippen molar-refractivity contribution in [1.82, 2.24) is 4.98 Å². The zero-order valence-electron chi connectivity index (χ0n) is 9.85. The quantitative estimate of drug-likeness (QED) is 0.668. The lowest BCUT2D eigenvalue weighted by atomic mass is 10.2. The first-order valence-corrected chi connectivity index (χ1v) is 6.51. The van der Waals surface area contributed by atoms with Gasteiger partial charge in [0, 0.05) is 23.7 Å². The van der Waals surface area contributed by atoms with Gasteiger partial charge in [0.05, 0.1) is 10.9 Å². The third-order valence-corrected chi connectivity index (χ3v) is 3.69. The second-order valence-electron chi connectivity index (χ2n) is 3.88. The summed E-state index contributed by atoms with van der Waals surface area (Å²) in [4.78, 5) is 7.43. The number of nitrogens with two attached hydrogens (primary N) is 1. The normalized spacial score (nSPS) is 10.3. The zero-order valence-corrected chi connectivity index (χ0v) is 11.4. The average molecular weight is 281 g/mol. The molecule has 0 aliphatic carbocycles. The van der Waals surface area contributed by atoms with E-state index in [0.717, 1.165) is 21.6 Å². The summed E-state index contributed by atoms with van der Waals surface area (Å²) in [6, 6.07) is 7.41. The molecule has 0 aliphatic rings. The molecule has 2 aromatic heterocycles. The van der Waals surface area contributed by atoms with E-state index < -0.39 is 0 Å². The van der Waals surface area contributed by atoms with E-state index >= 15 is 0 Å². The highest BCUT2D eigenvalue weighted by atomic mass is 35.5. The Morgan fingerprint density at radius 2 is 2.28 bits per heavy atom. The van der Waals surface area contributed by atoms with Crippen LogP contribution in [0.1, 0.15) is 10.4 Å². The van der Waals surface area contributed by atoms with E-state index in [-0.39, 0.29) is 5.84 Å². The highest BCUT2D eigenvalue weighted by Crippen LogP contribution is 2.23. The summed E-state index contributed by atoms with van der Waals surface area (Å²) in [5.41, 5.74) is 6.14. The van der Waals surface area contributed by atoms with Crippen LogP contribution in [0.2, 0.25) is 4.34 Å². The molecule has 18 heavy (non-hydrogen) atoms. The van der Waals surface area contributed by atoms with Crippen molar-refractivity contribution in [3.63, 3.8) is 0 Å². The van der Waals surface area contributed by atoms with Crippen molar-refractivity contribution in [1.29, 1.82) is 5.41 Å². The second-order valence-corrected chi connectivity index (χ2v) is 5.68. The number of halogens is 1. The topological polar surface area (TPSA) is 66.0 Å². The maximum absolute atomic E-state index is 7.41. The summed E-state index contributed by atoms with van der Waals surface area (Å²) in [6.45, 7) is 0.728. The first kappa shape index (κ1) is 12.9. The maximum Gasteiger partial charge on any atom is 0.129 e. The summed E-state index contributed by atoms with van der Waals surface area (Å²) < 4.78 is 0.781. The number of rotatable bonds is 4. The van der Waals surface area contributed by atoms with Gasteiger partial charge in [0.25, 0.3) is 0 Å². The number of hydrogen-bond donors (Lipinski definition) is 2. The Morgan fingerprint density at radius 3 is 2.89 bits per heavy atom. The zero-order chi connectivity index (χ0) is 13.1. The molecule has 0 atom stereocenters. The highest BCUT2D eigenvalue weighted by molar-refractivity contribution is 7.16. The minimum Gasteiger partial charge on any atom is -0.384 e. The van der Waals surface area contributed by atoms with Crippen molar-refractivity contribution in [3.8, 4) is 0 Å². The molecular weight excluding hydrogens is 268 g/mol. The van der Waals surface area contributed by atoms with Gasteiger partial charge in [0.2, 0.25) is 0 Å². The molecule has 2 aromatic rings. The molecular formula is C12H13ClN4S. The van der Waals surface area contributed by atoms with Crippen molar-refractivity contribution in [2.75, 3.05) is 11.9 Å². The van der Waals surface area contributed by atoms with Gasteiger partial charge in [0.15, 0.2) is 0 Å². The van der Waals surface area contributed by atoms with Crippen molar-refractivity contribution in [3.05, 3.63) is 45.2 Å². The van der Waals surface area contributed by atoms with Gasteiger partial charge in [-0.05, 0) is 24.3 Å².